The lowest BCUT2D eigenvalue weighted by atomic mass is 10.1. The van der Waals surface area contributed by atoms with Gasteiger partial charge in [0.1, 0.15) is 0 Å². The Labute approximate surface area is 172 Å². The van der Waals surface area contributed by atoms with Gasteiger partial charge in [0, 0.05) is 56.9 Å². The highest BCUT2D eigenvalue weighted by molar-refractivity contribution is 6.04. The lowest BCUT2D eigenvalue weighted by Gasteiger charge is -2.29. The molecule has 0 aliphatic carbocycles. The van der Waals surface area contributed by atoms with E-state index in [1.54, 1.807) is 0 Å². The molecule has 152 valence electrons. The summed E-state index contributed by atoms with van der Waals surface area (Å²) in [5.41, 5.74) is 2.56. The number of nitrogens with one attached hydrogen (secondary N) is 1. The number of anilines is 1. The Morgan fingerprint density at radius 3 is 2.48 bits per heavy atom. The number of nitrogens with zero attached hydrogens (tertiary/aromatic N) is 3. The van der Waals surface area contributed by atoms with E-state index in [9.17, 15) is 4.79 Å². The number of para-hydroxylation sites is 1. The molecule has 0 aromatic heterocycles. The Hall–Kier alpha value is -2.72. The molecule has 0 bridgehead atoms. The van der Waals surface area contributed by atoms with E-state index in [1.807, 2.05) is 54.6 Å². The first-order chi connectivity index (χ1) is 14.2. The summed E-state index contributed by atoms with van der Waals surface area (Å²) >= 11 is 0. The number of carbonyl (C=O) groups is 1. The molecule has 0 saturated carbocycles. The highest BCUT2D eigenvalue weighted by atomic mass is 16.5. The monoisotopic (exact) mass is 392 g/mol. The van der Waals surface area contributed by atoms with Gasteiger partial charge in [-0.1, -0.05) is 30.3 Å². The van der Waals surface area contributed by atoms with Crippen molar-refractivity contribution >= 4 is 11.6 Å². The molecule has 3 rings (SSSR count). The van der Waals surface area contributed by atoms with Crippen LogP contribution in [0.3, 0.4) is 0 Å². The third kappa shape index (κ3) is 6.99. The molecule has 1 amide bonds. The van der Waals surface area contributed by atoms with Crippen LogP contribution in [0.15, 0.2) is 54.6 Å². The molecule has 0 radical (unpaired) electrons. The van der Waals surface area contributed by atoms with Crippen LogP contribution in [-0.2, 0) is 11.3 Å². The number of hydrogen-bond donors (Lipinski definition) is 1. The minimum absolute atomic E-state index is 0.114. The zero-order valence-corrected chi connectivity index (χ0v) is 16.7. The summed E-state index contributed by atoms with van der Waals surface area (Å²) in [7, 11) is 0. The van der Waals surface area contributed by atoms with E-state index in [2.05, 4.69) is 21.2 Å². The van der Waals surface area contributed by atoms with Gasteiger partial charge in [-0.15, -0.1) is 0 Å². The Kier molecular flexibility index (Phi) is 8.20. The van der Waals surface area contributed by atoms with Crippen LogP contribution in [0, 0.1) is 11.3 Å². The number of rotatable bonds is 9. The Bertz CT molecular complexity index is 796. The summed E-state index contributed by atoms with van der Waals surface area (Å²) < 4.78 is 5.40. The summed E-state index contributed by atoms with van der Waals surface area (Å²) in [5, 5.41) is 11.9. The first kappa shape index (κ1) is 21.0. The highest BCUT2D eigenvalue weighted by Gasteiger charge is 2.13. The van der Waals surface area contributed by atoms with Crippen LogP contribution in [0.2, 0.25) is 0 Å². The fraction of sp³-hybridized carbons (Fsp3) is 0.391. The second-order valence-electron chi connectivity index (χ2n) is 7.16. The van der Waals surface area contributed by atoms with E-state index >= 15 is 0 Å². The number of nitriles is 1. The van der Waals surface area contributed by atoms with Gasteiger partial charge in [0.15, 0.2) is 0 Å². The van der Waals surface area contributed by atoms with E-state index in [0.29, 0.717) is 12.0 Å². The average molecular weight is 393 g/mol. The van der Waals surface area contributed by atoms with Crippen LogP contribution >= 0.6 is 0 Å². The molecule has 29 heavy (non-hydrogen) atoms. The minimum Gasteiger partial charge on any atom is -0.379 e. The molecule has 1 heterocycles. The van der Waals surface area contributed by atoms with E-state index in [1.165, 1.54) is 0 Å². The lowest BCUT2D eigenvalue weighted by Crippen LogP contribution is -2.41. The van der Waals surface area contributed by atoms with Crippen molar-refractivity contribution in [1.82, 2.24) is 9.80 Å². The van der Waals surface area contributed by atoms with Crippen molar-refractivity contribution in [2.45, 2.75) is 13.0 Å². The molecule has 2 aromatic rings. The fourth-order valence-corrected chi connectivity index (χ4v) is 3.33. The predicted molar refractivity (Wildman–Crippen MR) is 114 cm³/mol. The molecule has 6 heteroatoms. The molecule has 1 aliphatic rings. The molecule has 2 aromatic carbocycles. The van der Waals surface area contributed by atoms with Crippen LogP contribution in [0.1, 0.15) is 22.3 Å². The molecule has 0 atom stereocenters. The lowest BCUT2D eigenvalue weighted by molar-refractivity contribution is 0.0330. The van der Waals surface area contributed by atoms with Crippen molar-refractivity contribution < 1.29 is 9.53 Å². The van der Waals surface area contributed by atoms with Crippen molar-refractivity contribution in [1.29, 1.82) is 5.26 Å². The maximum Gasteiger partial charge on any atom is 0.255 e. The highest BCUT2D eigenvalue weighted by Crippen LogP contribution is 2.12. The first-order valence-corrected chi connectivity index (χ1v) is 10.1. The number of amides is 1. The number of hydrogen-bond acceptors (Lipinski definition) is 5. The van der Waals surface area contributed by atoms with Crippen LogP contribution < -0.4 is 5.32 Å². The Morgan fingerprint density at radius 1 is 1.07 bits per heavy atom. The van der Waals surface area contributed by atoms with Gasteiger partial charge < -0.3 is 10.1 Å². The molecule has 1 saturated heterocycles. The van der Waals surface area contributed by atoms with E-state index in [4.69, 9.17) is 10.00 Å². The summed E-state index contributed by atoms with van der Waals surface area (Å²) in [6.07, 6.45) is 0.515. The van der Waals surface area contributed by atoms with Crippen LogP contribution in [0.5, 0.6) is 0 Å². The van der Waals surface area contributed by atoms with Gasteiger partial charge in [-0.3, -0.25) is 14.6 Å². The zero-order valence-electron chi connectivity index (χ0n) is 16.7. The number of morpholine rings is 1. The topological polar surface area (TPSA) is 68.6 Å². The summed E-state index contributed by atoms with van der Waals surface area (Å²) in [5.74, 6) is -0.114. The Balaban J connectivity index is 1.54. The maximum atomic E-state index is 12.4. The second-order valence-corrected chi connectivity index (χ2v) is 7.16. The van der Waals surface area contributed by atoms with Crippen molar-refractivity contribution in [2.75, 3.05) is 51.3 Å². The third-order valence-electron chi connectivity index (χ3n) is 5.03. The molecule has 1 N–H and O–H groups in total. The molecule has 6 nitrogen and oxygen atoms in total. The average Bonchev–Trinajstić information content (AvgIpc) is 2.77. The molecule has 1 fully saturated rings. The smallest absolute Gasteiger partial charge is 0.255 e. The number of carbonyl (C=O) groups excluding carboxylic acids is 1. The summed E-state index contributed by atoms with van der Waals surface area (Å²) in [6.45, 7) is 6.94. The standard InChI is InChI=1S/C23H28N4O2/c24-11-4-12-27(14-13-26-15-17-29-18-16-26)19-20-7-9-21(10-8-20)23(28)25-22-5-2-1-3-6-22/h1-3,5-10H,4,12-19H2,(H,25,28). The fourth-order valence-electron chi connectivity index (χ4n) is 3.33. The van der Waals surface area contributed by atoms with Gasteiger partial charge in [0.2, 0.25) is 0 Å². The van der Waals surface area contributed by atoms with Gasteiger partial charge in [-0.25, -0.2) is 0 Å². The van der Waals surface area contributed by atoms with Crippen LogP contribution in [0.4, 0.5) is 5.69 Å². The molecule has 0 unspecified atom stereocenters. The molecule has 1 aliphatic heterocycles. The van der Waals surface area contributed by atoms with Crippen molar-refractivity contribution in [3.63, 3.8) is 0 Å². The Morgan fingerprint density at radius 2 is 1.79 bits per heavy atom. The van der Waals surface area contributed by atoms with Gasteiger partial charge in [-0.05, 0) is 29.8 Å². The van der Waals surface area contributed by atoms with Crippen molar-refractivity contribution in [2.24, 2.45) is 0 Å². The van der Waals surface area contributed by atoms with Gasteiger partial charge in [0.25, 0.3) is 5.91 Å². The number of ether oxygens (including phenoxy) is 1. The van der Waals surface area contributed by atoms with E-state index < -0.39 is 0 Å². The number of benzene rings is 2. The zero-order chi connectivity index (χ0) is 20.3. The van der Waals surface area contributed by atoms with Gasteiger partial charge in [-0.2, -0.15) is 5.26 Å². The third-order valence-corrected chi connectivity index (χ3v) is 5.03. The maximum absolute atomic E-state index is 12.4. The summed E-state index contributed by atoms with van der Waals surface area (Å²) in [6, 6.07) is 19.4. The summed E-state index contributed by atoms with van der Waals surface area (Å²) in [4.78, 5) is 17.1. The molecular weight excluding hydrogens is 364 g/mol. The van der Waals surface area contributed by atoms with E-state index in [0.717, 1.165) is 63.7 Å². The predicted octanol–water partition coefficient (Wildman–Crippen LogP) is 2.99. The van der Waals surface area contributed by atoms with Crippen LogP contribution in [0.25, 0.3) is 0 Å². The molecular formula is C23H28N4O2. The van der Waals surface area contributed by atoms with Crippen molar-refractivity contribution in [3.05, 3.63) is 65.7 Å². The van der Waals surface area contributed by atoms with Gasteiger partial charge >= 0.3 is 0 Å². The van der Waals surface area contributed by atoms with Crippen molar-refractivity contribution in [3.8, 4) is 6.07 Å². The van der Waals surface area contributed by atoms with E-state index in [-0.39, 0.29) is 5.91 Å². The first-order valence-electron chi connectivity index (χ1n) is 10.1. The molecule has 0 spiro atoms. The SMILES string of the molecule is N#CCCN(CCN1CCOCC1)Cc1ccc(C(=O)Nc2ccccc2)cc1. The van der Waals surface area contributed by atoms with Gasteiger partial charge in [0.05, 0.1) is 19.3 Å². The quantitative estimate of drug-likeness (QED) is 0.711. The van der Waals surface area contributed by atoms with Crippen LogP contribution in [-0.4, -0.2) is 61.6 Å². The minimum atomic E-state index is -0.114. The normalized spacial score (nSPS) is 14.5. The largest absolute Gasteiger partial charge is 0.379 e. The second kappa shape index (κ2) is 11.3.